The summed E-state index contributed by atoms with van der Waals surface area (Å²) >= 11 is 4.35. The normalized spacial score (nSPS) is 17.1. The molecule has 0 radical (unpaired) electrons. The number of rotatable bonds is 5. The molecule has 2 heterocycles. The van der Waals surface area contributed by atoms with E-state index in [0.717, 1.165) is 34.8 Å². The van der Waals surface area contributed by atoms with Crippen LogP contribution in [-0.4, -0.2) is 63.4 Å². The Bertz CT molecular complexity index is 595. The van der Waals surface area contributed by atoms with E-state index in [2.05, 4.69) is 32.5 Å². The molecule has 0 unspecified atom stereocenters. The van der Waals surface area contributed by atoms with Crippen LogP contribution in [0, 0.1) is 0 Å². The van der Waals surface area contributed by atoms with Crippen LogP contribution in [0.5, 0.6) is 0 Å². The number of sulfonamides is 1. The highest BCUT2D eigenvalue weighted by atomic mass is 79.9. The predicted octanol–water partition coefficient (Wildman–Crippen LogP) is 0.953. The summed E-state index contributed by atoms with van der Waals surface area (Å²) < 4.78 is 27.4. The third-order valence-corrected chi connectivity index (χ3v) is 6.92. The van der Waals surface area contributed by atoms with Crippen LogP contribution in [-0.2, 0) is 14.8 Å². The number of carbonyl (C=O) groups excluding carboxylic acids is 1. The number of hydrogen-bond acceptors (Lipinski definition) is 5. The number of halogens is 1. The first-order valence-corrected chi connectivity index (χ1v) is 9.77. The lowest BCUT2D eigenvalue weighted by molar-refractivity contribution is -0.131. The molecule has 1 aliphatic heterocycles. The number of nitrogens with zero attached hydrogens (tertiary/aromatic N) is 2. The van der Waals surface area contributed by atoms with Gasteiger partial charge in [-0.1, -0.05) is 6.92 Å². The van der Waals surface area contributed by atoms with Crippen LogP contribution in [0.25, 0.3) is 0 Å². The van der Waals surface area contributed by atoms with Gasteiger partial charge < -0.3 is 9.80 Å². The monoisotopic (exact) mass is 395 g/mol. The Morgan fingerprint density at radius 1 is 1.33 bits per heavy atom. The zero-order valence-corrected chi connectivity index (χ0v) is 14.9. The van der Waals surface area contributed by atoms with E-state index in [0.29, 0.717) is 13.1 Å². The standard InChI is InChI=1S/C12H18BrN3O3S2/c1-2-15-5-7-16(8-6-15)11(17)9-14-21(18,19)12-4-3-10(13)20-12/h3-4,14H,2,5-9H2,1H3. The average molecular weight is 396 g/mol. The van der Waals surface area contributed by atoms with Gasteiger partial charge in [-0.2, -0.15) is 0 Å². The maximum absolute atomic E-state index is 12.1. The minimum absolute atomic E-state index is 0.176. The van der Waals surface area contributed by atoms with Gasteiger partial charge in [0.15, 0.2) is 0 Å². The lowest BCUT2D eigenvalue weighted by Crippen LogP contribution is -2.50. The number of nitrogens with one attached hydrogen (secondary N) is 1. The van der Waals surface area contributed by atoms with E-state index in [9.17, 15) is 13.2 Å². The van der Waals surface area contributed by atoms with E-state index in [1.165, 1.54) is 6.07 Å². The minimum Gasteiger partial charge on any atom is -0.339 e. The fourth-order valence-electron chi connectivity index (χ4n) is 2.10. The lowest BCUT2D eigenvalue weighted by atomic mass is 10.3. The van der Waals surface area contributed by atoms with Gasteiger partial charge in [0.25, 0.3) is 10.0 Å². The molecule has 0 spiro atoms. The summed E-state index contributed by atoms with van der Waals surface area (Å²) in [5.41, 5.74) is 0. The summed E-state index contributed by atoms with van der Waals surface area (Å²) in [5.74, 6) is -0.176. The number of hydrogen-bond donors (Lipinski definition) is 1. The van der Waals surface area contributed by atoms with E-state index >= 15 is 0 Å². The van der Waals surface area contributed by atoms with E-state index in [-0.39, 0.29) is 16.7 Å². The molecule has 1 amide bonds. The Morgan fingerprint density at radius 2 is 2.00 bits per heavy atom. The topological polar surface area (TPSA) is 69.7 Å². The van der Waals surface area contributed by atoms with Gasteiger partial charge in [-0.05, 0) is 34.6 Å². The first-order chi connectivity index (χ1) is 9.92. The highest BCUT2D eigenvalue weighted by Gasteiger charge is 2.23. The summed E-state index contributed by atoms with van der Waals surface area (Å²) in [4.78, 5) is 16.0. The average Bonchev–Trinajstić information content (AvgIpc) is 2.92. The van der Waals surface area contributed by atoms with Crippen molar-refractivity contribution in [3.63, 3.8) is 0 Å². The molecule has 118 valence electrons. The highest BCUT2D eigenvalue weighted by Crippen LogP contribution is 2.25. The molecule has 0 aromatic carbocycles. The van der Waals surface area contributed by atoms with Crippen molar-refractivity contribution in [2.24, 2.45) is 0 Å². The van der Waals surface area contributed by atoms with Gasteiger partial charge in [0.1, 0.15) is 4.21 Å². The molecule has 9 heteroatoms. The van der Waals surface area contributed by atoms with E-state index in [4.69, 9.17) is 0 Å². The fraction of sp³-hybridized carbons (Fsp3) is 0.583. The lowest BCUT2D eigenvalue weighted by Gasteiger charge is -2.34. The fourth-order valence-corrected chi connectivity index (χ4v) is 5.12. The second-order valence-corrected chi connectivity index (χ2v) is 9.15. The molecular weight excluding hydrogens is 378 g/mol. The molecule has 21 heavy (non-hydrogen) atoms. The van der Waals surface area contributed by atoms with Gasteiger partial charge in [-0.25, -0.2) is 13.1 Å². The van der Waals surface area contributed by atoms with Crippen molar-refractivity contribution in [3.8, 4) is 0 Å². The molecule has 1 aliphatic rings. The summed E-state index contributed by atoms with van der Waals surface area (Å²) in [7, 11) is -3.61. The first kappa shape index (κ1) is 16.9. The summed E-state index contributed by atoms with van der Waals surface area (Å²) in [6.07, 6.45) is 0. The number of amides is 1. The Hall–Kier alpha value is -0.480. The third-order valence-electron chi connectivity index (χ3n) is 3.40. The van der Waals surface area contributed by atoms with Crippen molar-refractivity contribution < 1.29 is 13.2 Å². The van der Waals surface area contributed by atoms with Gasteiger partial charge in [0.05, 0.1) is 10.3 Å². The van der Waals surface area contributed by atoms with Crippen molar-refractivity contribution in [2.45, 2.75) is 11.1 Å². The molecule has 2 rings (SSSR count). The van der Waals surface area contributed by atoms with E-state index in [1.807, 2.05) is 0 Å². The Morgan fingerprint density at radius 3 is 2.52 bits per heavy atom. The van der Waals surface area contributed by atoms with Crippen LogP contribution in [0.3, 0.4) is 0 Å². The largest absolute Gasteiger partial charge is 0.339 e. The molecule has 0 bridgehead atoms. The van der Waals surface area contributed by atoms with Crippen molar-refractivity contribution in [2.75, 3.05) is 39.3 Å². The summed E-state index contributed by atoms with van der Waals surface area (Å²) in [6, 6.07) is 3.19. The molecule has 1 aromatic rings. The number of likely N-dealkylation sites (N-methyl/N-ethyl adjacent to an activating group) is 1. The van der Waals surface area contributed by atoms with Crippen LogP contribution >= 0.6 is 27.3 Å². The van der Waals surface area contributed by atoms with E-state index in [1.54, 1.807) is 11.0 Å². The van der Waals surface area contributed by atoms with Crippen molar-refractivity contribution >= 4 is 43.2 Å². The third kappa shape index (κ3) is 4.49. The van der Waals surface area contributed by atoms with Crippen LogP contribution in [0.15, 0.2) is 20.1 Å². The number of piperazine rings is 1. The smallest absolute Gasteiger partial charge is 0.250 e. The zero-order valence-electron chi connectivity index (χ0n) is 11.7. The van der Waals surface area contributed by atoms with Crippen molar-refractivity contribution in [1.82, 2.24) is 14.5 Å². The van der Waals surface area contributed by atoms with Crippen molar-refractivity contribution in [3.05, 3.63) is 15.9 Å². The predicted molar refractivity (Wildman–Crippen MR) is 85.9 cm³/mol. The highest BCUT2D eigenvalue weighted by molar-refractivity contribution is 9.11. The molecule has 1 saturated heterocycles. The molecular formula is C12H18BrN3O3S2. The van der Waals surface area contributed by atoms with Crippen LogP contribution in [0.2, 0.25) is 0 Å². The number of thiophene rings is 1. The van der Waals surface area contributed by atoms with Gasteiger partial charge in [-0.15, -0.1) is 11.3 Å². The van der Waals surface area contributed by atoms with Crippen LogP contribution < -0.4 is 4.72 Å². The van der Waals surface area contributed by atoms with Gasteiger partial charge in [0.2, 0.25) is 5.91 Å². The maximum atomic E-state index is 12.1. The molecule has 1 N–H and O–H groups in total. The van der Waals surface area contributed by atoms with Crippen LogP contribution in [0.1, 0.15) is 6.92 Å². The molecule has 0 saturated carbocycles. The quantitative estimate of drug-likeness (QED) is 0.805. The number of carbonyl (C=O) groups is 1. The molecule has 1 fully saturated rings. The van der Waals surface area contributed by atoms with E-state index < -0.39 is 10.0 Å². The molecule has 6 nitrogen and oxygen atoms in total. The second kappa shape index (κ2) is 7.19. The SMILES string of the molecule is CCN1CCN(C(=O)CNS(=O)(=O)c2ccc(Br)s2)CC1. The minimum atomic E-state index is -3.61. The van der Waals surface area contributed by atoms with Crippen LogP contribution in [0.4, 0.5) is 0 Å². The van der Waals surface area contributed by atoms with Gasteiger partial charge >= 0.3 is 0 Å². The first-order valence-electron chi connectivity index (χ1n) is 6.67. The molecule has 1 aromatic heterocycles. The Labute approximate surface area is 137 Å². The summed E-state index contributed by atoms with van der Waals surface area (Å²) in [5, 5.41) is 0. The molecule has 0 atom stereocenters. The van der Waals surface area contributed by atoms with Crippen molar-refractivity contribution in [1.29, 1.82) is 0 Å². The van der Waals surface area contributed by atoms with Gasteiger partial charge in [-0.3, -0.25) is 4.79 Å². The zero-order chi connectivity index (χ0) is 15.5. The Kier molecular flexibility index (Phi) is 5.78. The maximum Gasteiger partial charge on any atom is 0.250 e. The second-order valence-electron chi connectivity index (χ2n) is 4.70. The molecule has 0 aliphatic carbocycles. The summed E-state index contributed by atoms with van der Waals surface area (Å²) in [6.45, 7) is 5.86. The van der Waals surface area contributed by atoms with Gasteiger partial charge in [0, 0.05) is 26.2 Å². The Balaban J connectivity index is 1.87.